The molecule has 0 spiro atoms. The molecule has 0 saturated heterocycles. The lowest BCUT2D eigenvalue weighted by Gasteiger charge is -2.34. The molecule has 0 aromatic heterocycles. The Kier molecular flexibility index (Phi) is 10.9. The normalized spacial score (nSPS) is 17.0. The minimum absolute atomic E-state index is 0.0370. The predicted molar refractivity (Wildman–Crippen MR) is 101 cm³/mol. The van der Waals surface area contributed by atoms with E-state index >= 15 is 0 Å². The Hall–Kier alpha value is -1.52. The van der Waals surface area contributed by atoms with Crippen molar-refractivity contribution in [1.29, 1.82) is 0 Å². The van der Waals surface area contributed by atoms with E-state index in [9.17, 15) is 33.8 Å². The monoisotopic (exact) mass is 425 g/mol. The number of carbonyl (C=O) groups is 3. The van der Waals surface area contributed by atoms with E-state index in [0.29, 0.717) is 12.8 Å². The van der Waals surface area contributed by atoms with Gasteiger partial charge in [-0.05, 0) is 11.8 Å². The van der Waals surface area contributed by atoms with Crippen molar-refractivity contribution in [1.82, 2.24) is 9.99 Å². The maximum Gasteiger partial charge on any atom is 0.433 e. The summed E-state index contributed by atoms with van der Waals surface area (Å²) in [5.74, 6) is -3.80. The van der Waals surface area contributed by atoms with Crippen LogP contribution in [0.3, 0.4) is 0 Å². The zero-order valence-electron chi connectivity index (χ0n) is 16.9. The Labute approximate surface area is 164 Å². The van der Waals surface area contributed by atoms with E-state index < -0.39 is 56.2 Å². The number of ether oxygens (including phenoxy) is 1. The smallest absolute Gasteiger partial charge is 0.433 e. The highest BCUT2D eigenvalue weighted by molar-refractivity contribution is 7.50. The molecule has 28 heavy (non-hydrogen) atoms. The van der Waals surface area contributed by atoms with Crippen LogP contribution in [0.25, 0.3) is 0 Å². The van der Waals surface area contributed by atoms with Gasteiger partial charge in [-0.25, -0.2) is 14.0 Å². The molecule has 5 unspecified atom stereocenters. The number of rotatable bonds is 11. The van der Waals surface area contributed by atoms with E-state index in [1.807, 2.05) is 6.92 Å². The standard InChI is InChI=1S/C16H32N3O8P/c1-6-9(3)12(17)14(21)18-13(10(4)7-2)15(22)19(28(24,25)26)11(8-20)16(23)27-5/h9-13,20H,6-8,17H2,1-5H3,(H,18,21)(H2,24,25,26). The summed E-state index contributed by atoms with van der Waals surface area (Å²) in [5, 5.41) is 11.9. The SMILES string of the molecule is CCC(C)C(N)C(=O)NC(C(=O)N(C(CO)C(=O)OC)P(=O)(O)O)C(C)CC. The van der Waals surface area contributed by atoms with Gasteiger partial charge < -0.3 is 30.7 Å². The number of hydrogen-bond acceptors (Lipinski definition) is 7. The first-order valence-corrected chi connectivity index (χ1v) is 10.6. The average molecular weight is 425 g/mol. The van der Waals surface area contributed by atoms with Crippen molar-refractivity contribution in [3.8, 4) is 0 Å². The van der Waals surface area contributed by atoms with Crippen molar-refractivity contribution in [3.63, 3.8) is 0 Å². The molecule has 11 nitrogen and oxygen atoms in total. The molecule has 0 bridgehead atoms. The Morgan fingerprint density at radius 2 is 1.64 bits per heavy atom. The van der Waals surface area contributed by atoms with Gasteiger partial charge in [0.25, 0.3) is 5.91 Å². The highest BCUT2D eigenvalue weighted by atomic mass is 31.2. The van der Waals surface area contributed by atoms with Gasteiger partial charge in [-0.15, -0.1) is 0 Å². The minimum atomic E-state index is -5.33. The Bertz CT molecular complexity index is 596. The molecule has 0 aliphatic heterocycles. The number of nitrogens with zero attached hydrogens (tertiary/aromatic N) is 1. The molecule has 0 rings (SSSR count). The first-order chi connectivity index (χ1) is 12.9. The van der Waals surface area contributed by atoms with Crippen LogP contribution in [-0.2, 0) is 23.7 Å². The lowest BCUT2D eigenvalue weighted by molar-refractivity contribution is -0.152. The topological polar surface area (TPSA) is 179 Å². The van der Waals surface area contributed by atoms with E-state index in [1.165, 1.54) is 0 Å². The van der Waals surface area contributed by atoms with Crippen molar-refractivity contribution < 1.29 is 38.6 Å². The van der Waals surface area contributed by atoms with E-state index in [1.54, 1.807) is 20.8 Å². The highest BCUT2D eigenvalue weighted by Crippen LogP contribution is 2.43. The van der Waals surface area contributed by atoms with Crippen LogP contribution in [-0.4, -0.2) is 69.2 Å². The molecule has 5 atom stereocenters. The summed E-state index contributed by atoms with van der Waals surface area (Å²) in [6, 6.07) is -4.22. The molecule has 0 saturated carbocycles. The molecule has 0 heterocycles. The lowest BCUT2D eigenvalue weighted by Crippen LogP contribution is -2.58. The second-order valence-electron chi connectivity index (χ2n) is 6.70. The average Bonchev–Trinajstić information content (AvgIpc) is 2.65. The van der Waals surface area contributed by atoms with Crippen LogP contribution in [0.15, 0.2) is 0 Å². The predicted octanol–water partition coefficient (Wildman–Crippen LogP) is -0.654. The first kappa shape index (κ1) is 26.5. The van der Waals surface area contributed by atoms with Gasteiger partial charge in [0.15, 0.2) is 6.04 Å². The number of esters is 1. The quantitative estimate of drug-likeness (QED) is 0.212. The molecule has 0 aliphatic carbocycles. The maximum atomic E-state index is 13.0. The van der Waals surface area contributed by atoms with E-state index in [2.05, 4.69) is 10.1 Å². The Morgan fingerprint density at radius 3 is 2.00 bits per heavy atom. The third kappa shape index (κ3) is 6.82. The highest BCUT2D eigenvalue weighted by Gasteiger charge is 2.45. The van der Waals surface area contributed by atoms with E-state index in [-0.39, 0.29) is 10.6 Å². The summed E-state index contributed by atoms with van der Waals surface area (Å²) in [6.07, 6.45) is 0.992. The van der Waals surface area contributed by atoms with Crippen LogP contribution < -0.4 is 11.1 Å². The van der Waals surface area contributed by atoms with Gasteiger partial charge in [0.2, 0.25) is 5.91 Å². The van der Waals surface area contributed by atoms with Crippen molar-refractivity contribution in [3.05, 3.63) is 0 Å². The molecule has 6 N–H and O–H groups in total. The van der Waals surface area contributed by atoms with Crippen LogP contribution in [0, 0.1) is 11.8 Å². The van der Waals surface area contributed by atoms with Gasteiger partial charge in [-0.3, -0.25) is 9.59 Å². The third-order valence-corrected chi connectivity index (χ3v) is 5.82. The first-order valence-electron chi connectivity index (χ1n) is 9.00. The summed E-state index contributed by atoms with van der Waals surface area (Å²) >= 11 is 0. The minimum Gasteiger partial charge on any atom is -0.467 e. The number of amides is 2. The van der Waals surface area contributed by atoms with Crippen LogP contribution in [0.4, 0.5) is 0 Å². The number of methoxy groups -OCH3 is 1. The van der Waals surface area contributed by atoms with Crippen LogP contribution in [0.1, 0.15) is 40.5 Å². The van der Waals surface area contributed by atoms with E-state index in [4.69, 9.17) is 5.73 Å². The van der Waals surface area contributed by atoms with Crippen molar-refractivity contribution in [2.45, 2.75) is 58.7 Å². The van der Waals surface area contributed by atoms with Crippen LogP contribution in [0.2, 0.25) is 0 Å². The summed E-state index contributed by atoms with van der Waals surface area (Å²) in [6.45, 7) is 5.84. The fourth-order valence-electron chi connectivity index (χ4n) is 2.44. The van der Waals surface area contributed by atoms with Gasteiger partial charge in [0.1, 0.15) is 6.04 Å². The molecule has 12 heteroatoms. The molecule has 0 fully saturated rings. The maximum absolute atomic E-state index is 13.0. The van der Waals surface area contributed by atoms with Crippen molar-refractivity contribution in [2.24, 2.45) is 17.6 Å². The number of nitrogens with two attached hydrogens (primary N) is 1. The Balaban J connectivity index is 5.97. The number of aliphatic hydroxyl groups is 1. The van der Waals surface area contributed by atoms with Crippen molar-refractivity contribution in [2.75, 3.05) is 13.7 Å². The molecule has 0 radical (unpaired) electrons. The Morgan fingerprint density at radius 1 is 1.14 bits per heavy atom. The van der Waals surface area contributed by atoms with E-state index in [0.717, 1.165) is 7.11 Å². The van der Waals surface area contributed by atoms with Crippen molar-refractivity contribution >= 4 is 25.5 Å². The van der Waals surface area contributed by atoms with Gasteiger partial charge in [-0.2, -0.15) is 0 Å². The largest absolute Gasteiger partial charge is 0.467 e. The molecule has 0 aliphatic rings. The zero-order valence-corrected chi connectivity index (χ0v) is 17.8. The number of nitrogens with one attached hydrogen (secondary N) is 1. The van der Waals surface area contributed by atoms with Gasteiger partial charge in [0, 0.05) is 0 Å². The summed E-state index contributed by atoms with van der Waals surface area (Å²) in [4.78, 5) is 56.5. The summed E-state index contributed by atoms with van der Waals surface area (Å²) in [5.41, 5.74) is 5.87. The molecular weight excluding hydrogens is 393 g/mol. The molecule has 0 aromatic carbocycles. The molecular formula is C16H32N3O8P. The molecule has 164 valence electrons. The number of aliphatic hydroxyl groups excluding tert-OH is 1. The molecule has 0 aromatic rings. The van der Waals surface area contributed by atoms with Crippen LogP contribution >= 0.6 is 7.75 Å². The summed E-state index contributed by atoms with van der Waals surface area (Å²) < 4.78 is 16.3. The third-order valence-electron chi connectivity index (χ3n) is 4.78. The lowest BCUT2D eigenvalue weighted by atomic mass is 9.95. The summed E-state index contributed by atoms with van der Waals surface area (Å²) in [7, 11) is -4.38. The second kappa shape index (κ2) is 11.5. The number of hydrogen-bond donors (Lipinski definition) is 5. The fourth-order valence-corrected chi connectivity index (χ4v) is 3.35. The van der Waals surface area contributed by atoms with Gasteiger partial charge >= 0.3 is 13.7 Å². The zero-order chi connectivity index (χ0) is 22.2. The molecule has 2 amide bonds. The number of carbonyl (C=O) groups excluding carboxylic acids is 3. The fraction of sp³-hybridized carbons (Fsp3) is 0.812. The van der Waals surface area contributed by atoms with Gasteiger partial charge in [0.05, 0.1) is 19.8 Å². The van der Waals surface area contributed by atoms with Crippen LogP contribution in [0.5, 0.6) is 0 Å². The second-order valence-corrected chi connectivity index (χ2v) is 8.16. The van der Waals surface area contributed by atoms with Gasteiger partial charge in [-0.1, -0.05) is 40.5 Å².